The second kappa shape index (κ2) is 6.00. The van der Waals surface area contributed by atoms with E-state index in [0.717, 1.165) is 6.07 Å². The van der Waals surface area contributed by atoms with Gasteiger partial charge in [-0.1, -0.05) is 11.6 Å². The first-order valence-electron chi connectivity index (χ1n) is 4.89. The summed E-state index contributed by atoms with van der Waals surface area (Å²) in [7, 11) is 0. The summed E-state index contributed by atoms with van der Waals surface area (Å²) in [6.07, 6.45) is 5.11. The zero-order valence-electron chi connectivity index (χ0n) is 9.22. The number of carbonyl (C=O) groups is 1. The number of nitrogens with zero attached hydrogens (tertiary/aromatic N) is 1. The van der Waals surface area contributed by atoms with E-state index in [1.807, 2.05) is 0 Å². The van der Waals surface area contributed by atoms with Crippen LogP contribution < -0.4 is 11.1 Å². The number of hydrogen-bond donors (Lipinski definition) is 2. The normalized spacial score (nSPS) is 11.4. The van der Waals surface area contributed by atoms with Crippen LogP contribution in [0.3, 0.4) is 0 Å². The molecule has 0 radical (unpaired) electrons. The number of nitrogens with one attached hydrogen (secondary N) is 1. The number of anilines is 1. The third-order valence-electron chi connectivity index (χ3n) is 2.08. The zero-order valence-corrected chi connectivity index (χ0v) is 9.98. The smallest absolute Gasteiger partial charge is 0.289 e. The topological polar surface area (TPSA) is 98.3 Å². The third-order valence-corrected chi connectivity index (χ3v) is 2.40. The second-order valence-corrected chi connectivity index (χ2v) is 3.83. The van der Waals surface area contributed by atoms with Crippen molar-refractivity contribution in [2.24, 2.45) is 5.73 Å². The van der Waals surface area contributed by atoms with E-state index in [1.165, 1.54) is 12.1 Å². The highest BCUT2D eigenvalue weighted by Crippen LogP contribution is 2.27. The number of nitro groups is 1. The molecule has 0 saturated heterocycles. The minimum Gasteiger partial charge on any atom is -0.324 e. The first kappa shape index (κ1) is 14.0. The maximum Gasteiger partial charge on any atom is 0.289 e. The van der Waals surface area contributed by atoms with Gasteiger partial charge in [0.2, 0.25) is 5.91 Å². The predicted octanol–water partition coefficient (Wildman–Crippen LogP) is 1.54. The van der Waals surface area contributed by atoms with E-state index >= 15 is 0 Å². The molecule has 3 N–H and O–H groups in total. The Bertz CT molecular complexity index is 525. The predicted molar refractivity (Wildman–Crippen MR) is 68.2 cm³/mol. The summed E-state index contributed by atoms with van der Waals surface area (Å²) >= 11 is 5.63. The molecule has 6 nitrogen and oxygen atoms in total. The molecule has 1 unspecified atom stereocenters. The lowest BCUT2D eigenvalue weighted by Crippen LogP contribution is -2.35. The van der Waals surface area contributed by atoms with Crippen LogP contribution >= 0.6 is 11.6 Å². The lowest BCUT2D eigenvalue weighted by Gasteiger charge is -2.09. The average molecular weight is 268 g/mol. The van der Waals surface area contributed by atoms with Gasteiger partial charge in [-0.05, 0) is 12.1 Å². The molecule has 1 aromatic rings. The third kappa shape index (κ3) is 3.45. The second-order valence-electron chi connectivity index (χ2n) is 3.43. The molecule has 0 aliphatic heterocycles. The molecule has 1 aromatic carbocycles. The Morgan fingerprint density at radius 2 is 2.33 bits per heavy atom. The lowest BCUT2D eigenvalue weighted by molar-refractivity contribution is -0.384. The molecule has 1 atom stereocenters. The quantitative estimate of drug-likeness (QED) is 0.491. The van der Waals surface area contributed by atoms with Crippen molar-refractivity contribution in [2.75, 3.05) is 5.32 Å². The zero-order chi connectivity index (χ0) is 13.7. The van der Waals surface area contributed by atoms with Gasteiger partial charge in [0.15, 0.2) is 0 Å². The fourth-order valence-corrected chi connectivity index (χ4v) is 1.37. The number of halogens is 1. The standard InChI is InChI=1S/C11H10ClN3O3/c1-2-3-9(13)11(16)14-7-4-5-8(12)10(6-7)15(17)18/h1,4-6,9H,3,13H2,(H,14,16). The van der Waals surface area contributed by atoms with Gasteiger partial charge in [-0.15, -0.1) is 12.3 Å². The average Bonchev–Trinajstić information content (AvgIpc) is 2.31. The van der Waals surface area contributed by atoms with Crippen molar-refractivity contribution in [3.05, 3.63) is 33.3 Å². The molecule has 1 rings (SSSR count). The summed E-state index contributed by atoms with van der Waals surface area (Å²) in [5, 5.41) is 13.1. The number of nitrogens with two attached hydrogens (primary N) is 1. The van der Waals surface area contributed by atoms with Crippen LogP contribution in [0, 0.1) is 22.5 Å². The molecule has 0 spiro atoms. The summed E-state index contributed by atoms with van der Waals surface area (Å²) in [6.45, 7) is 0. The van der Waals surface area contributed by atoms with E-state index in [1.54, 1.807) is 0 Å². The van der Waals surface area contributed by atoms with Gasteiger partial charge in [-0.3, -0.25) is 14.9 Å². The molecule has 0 aliphatic carbocycles. The van der Waals surface area contributed by atoms with Crippen LogP contribution in [0.5, 0.6) is 0 Å². The van der Waals surface area contributed by atoms with Gasteiger partial charge >= 0.3 is 0 Å². The Labute approximate surface area is 108 Å². The van der Waals surface area contributed by atoms with E-state index < -0.39 is 16.9 Å². The van der Waals surface area contributed by atoms with Crippen LogP contribution in [0.1, 0.15) is 6.42 Å². The van der Waals surface area contributed by atoms with Crippen molar-refractivity contribution < 1.29 is 9.72 Å². The van der Waals surface area contributed by atoms with Gasteiger partial charge in [-0.2, -0.15) is 0 Å². The highest BCUT2D eigenvalue weighted by Gasteiger charge is 2.16. The van der Waals surface area contributed by atoms with Crippen LogP contribution in [0.15, 0.2) is 18.2 Å². The molecule has 94 valence electrons. The largest absolute Gasteiger partial charge is 0.324 e. The van der Waals surface area contributed by atoms with Crippen molar-refractivity contribution in [3.8, 4) is 12.3 Å². The Hall–Kier alpha value is -2.10. The summed E-state index contributed by atoms with van der Waals surface area (Å²) in [6, 6.07) is 3.06. The van der Waals surface area contributed by atoms with Gasteiger partial charge in [0, 0.05) is 18.2 Å². The van der Waals surface area contributed by atoms with E-state index in [9.17, 15) is 14.9 Å². The van der Waals surface area contributed by atoms with E-state index in [4.69, 9.17) is 23.8 Å². The summed E-state index contributed by atoms with van der Waals surface area (Å²) in [5.41, 5.74) is 5.44. The molecular weight excluding hydrogens is 258 g/mol. The van der Waals surface area contributed by atoms with Crippen molar-refractivity contribution >= 4 is 28.9 Å². The maximum atomic E-state index is 11.5. The van der Waals surface area contributed by atoms with E-state index in [0.29, 0.717) is 0 Å². The fourth-order valence-electron chi connectivity index (χ4n) is 1.18. The van der Waals surface area contributed by atoms with Crippen molar-refractivity contribution in [3.63, 3.8) is 0 Å². The van der Waals surface area contributed by atoms with Crippen molar-refractivity contribution in [2.45, 2.75) is 12.5 Å². The van der Waals surface area contributed by atoms with Crippen molar-refractivity contribution in [1.29, 1.82) is 0 Å². The maximum absolute atomic E-state index is 11.5. The van der Waals surface area contributed by atoms with Crippen LogP contribution in [-0.2, 0) is 4.79 Å². The van der Waals surface area contributed by atoms with Gasteiger partial charge in [0.1, 0.15) is 5.02 Å². The summed E-state index contributed by atoms with van der Waals surface area (Å²) < 4.78 is 0. The number of amides is 1. The molecule has 18 heavy (non-hydrogen) atoms. The SMILES string of the molecule is C#CCC(N)C(=O)Nc1ccc(Cl)c([N+](=O)[O-])c1. The van der Waals surface area contributed by atoms with Crippen LogP contribution in [0.4, 0.5) is 11.4 Å². The summed E-state index contributed by atoms with van der Waals surface area (Å²) in [5.74, 6) is 1.75. The molecule has 7 heteroatoms. The molecule has 1 amide bonds. The van der Waals surface area contributed by atoms with Gasteiger partial charge in [0.05, 0.1) is 11.0 Å². The number of rotatable bonds is 4. The van der Waals surface area contributed by atoms with Gasteiger partial charge in [0.25, 0.3) is 5.69 Å². The van der Waals surface area contributed by atoms with E-state index in [2.05, 4.69) is 11.2 Å². The Morgan fingerprint density at radius 1 is 1.67 bits per heavy atom. The summed E-state index contributed by atoms with van der Waals surface area (Å²) in [4.78, 5) is 21.5. The number of hydrogen-bond acceptors (Lipinski definition) is 4. The lowest BCUT2D eigenvalue weighted by atomic mass is 10.2. The molecule has 0 bridgehead atoms. The molecule has 0 heterocycles. The molecule has 0 aromatic heterocycles. The Morgan fingerprint density at radius 3 is 2.89 bits per heavy atom. The van der Waals surface area contributed by atoms with Gasteiger partial charge in [-0.25, -0.2) is 0 Å². The Kier molecular flexibility index (Phi) is 4.66. The first-order valence-corrected chi connectivity index (χ1v) is 5.27. The minimum atomic E-state index is -0.857. The molecular formula is C11H10ClN3O3. The molecule has 0 saturated carbocycles. The molecule has 0 fully saturated rings. The monoisotopic (exact) mass is 267 g/mol. The fraction of sp³-hybridized carbons (Fsp3) is 0.182. The van der Waals surface area contributed by atoms with Gasteiger partial charge < -0.3 is 11.1 Å². The molecule has 0 aliphatic rings. The van der Waals surface area contributed by atoms with Crippen molar-refractivity contribution in [1.82, 2.24) is 0 Å². The van der Waals surface area contributed by atoms with E-state index in [-0.39, 0.29) is 22.8 Å². The highest BCUT2D eigenvalue weighted by atomic mass is 35.5. The van der Waals surface area contributed by atoms with Crippen LogP contribution in [0.2, 0.25) is 5.02 Å². The number of terminal acetylenes is 1. The highest BCUT2D eigenvalue weighted by molar-refractivity contribution is 6.32. The first-order chi connectivity index (χ1) is 8.45. The van der Waals surface area contributed by atoms with Crippen LogP contribution in [-0.4, -0.2) is 16.9 Å². The van der Waals surface area contributed by atoms with Crippen LogP contribution in [0.25, 0.3) is 0 Å². The number of benzene rings is 1. The number of nitro benzene ring substituents is 1. The number of carbonyl (C=O) groups excluding carboxylic acids is 1. The Balaban J connectivity index is 2.86. The minimum absolute atomic E-state index is 0.00841.